The lowest BCUT2D eigenvalue weighted by Crippen LogP contribution is -2.36. The van der Waals surface area contributed by atoms with Crippen molar-refractivity contribution in [1.29, 1.82) is 0 Å². The molecule has 1 aliphatic carbocycles. The molecule has 6 nitrogen and oxygen atoms in total. The number of guanidine groups is 1. The van der Waals surface area contributed by atoms with Gasteiger partial charge in [0.15, 0.2) is 11.7 Å². The molecule has 0 unspecified atom stereocenters. The molecule has 29 heavy (non-hydrogen) atoms. The molecule has 2 aromatic heterocycles. The summed E-state index contributed by atoms with van der Waals surface area (Å²) in [5, 5.41) is 7.42. The van der Waals surface area contributed by atoms with E-state index in [1.54, 1.807) is 13.2 Å². The van der Waals surface area contributed by atoms with Crippen LogP contribution in [0.25, 0.3) is 0 Å². The normalized spacial score (nSPS) is 15.9. The van der Waals surface area contributed by atoms with Gasteiger partial charge in [0.25, 0.3) is 0 Å². The lowest BCUT2D eigenvalue weighted by Gasteiger charge is -2.22. The predicted octanol–water partition coefficient (Wildman–Crippen LogP) is 4.13. The number of aliphatic imine (C=N–C) groups is 1. The average molecular weight is 427 g/mol. The number of nitrogens with zero attached hydrogens (tertiary/aromatic N) is 3. The van der Waals surface area contributed by atoms with Crippen molar-refractivity contribution in [2.24, 2.45) is 4.99 Å². The molecule has 0 aromatic carbocycles. The van der Waals surface area contributed by atoms with Gasteiger partial charge in [0.05, 0.1) is 6.54 Å². The number of thiazole rings is 1. The molecule has 0 bridgehead atoms. The van der Waals surface area contributed by atoms with Gasteiger partial charge in [-0.2, -0.15) is 13.2 Å². The van der Waals surface area contributed by atoms with Crippen LogP contribution in [0.1, 0.15) is 48.4 Å². The maximum atomic E-state index is 12.6. The van der Waals surface area contributed by atoms with Crippen molar-refractivity contribution in [2.45, 2.75) is 57.5 Å². The number of rotatable bonds is 6. The third-order valence-corrected chi connectivity index (χ3v) is 5.42. The van der Waals surface area contributed by atoms with E-state index in [1.807, 2.05) is 12.1 Å². The van der Waals surface area contributed by atoms with E-state index in [4.69, 9.17) is 4.74 Å². The van der Waals surface area contributed by atoms with Crippen molar-refractivity contribution in [3.8, 4) is 5.88 Å². The van der Waals surface area contributed by atoms with Gasteiger partial charge in [-0.3, -0.25) is 4.99 Å². The number of halogens is 3. The molecule has 2 aromatic rings. The smallest absolute Gasteiger partial charge is 0.434 e. The Morgan fingerprint density at radius 3 is 2.59 bits per heavy atom. The van der Waals surface area contributed by atoms with Crippen molar-refractivity contribution in [3.05, 3.63) is 40.0 Å². The minimum atomic E-state index is -4.42. The second-order valence-electron chi connectivity index (χ2n) is 6.79. The Hall–Kier alpha value is -2.36. The summed E-state index contributed by atoms with van der Waals surface area (Å²) in [6, 6.07) is 3.79. The summed E-state index contributed by atoms with van der Waals surface area (Å²) in [6.07, 6.45) is 3.43. The Morgan fingerprint density at radius 2 is 1.97 bits per heavy atom. The van der Waals surface area contributed by atoms with E-state index in [-0.39, 0.29) is 12.6 Å². The second kappa shape index (κ2) is 9.91. The Balaban J connectivity index is 1.44. The van der Waals surface area contributed by atoms with Crippen LogP contribution in [-0.2, 0) is 19.3 Å². The molecule has 0 amide bonds. The number of hydrogen-bond acceptors (Lipinski definition) is 5. The minimum Gasteiger partial charge on any atom is -0.474 e. The molecule has 3 rings (SSSR count). The molecule has 1 aliphatic rings. The van der Waals surface area contributed by atoms with Gasteiger partial charge in [-0.05, 0) is 31.2 Å². The highest BCUT2D eigenvalue weighted by atomic mass is 32.1. The lowest BCUT2D eigenvalue weighted by atomic mass is 9.98. The first-order valence-corrected chi connectivity index (χ1v) is 10.4. The molecular weight excluding hydrogens is 403 g/mol. The van der Waals surface area contributed by atoms with Crippen LogP contribution < -0.4 is 15.4 Å². The van der Waals surface area contributed by atoms with Crippen molar-refractivity contribution in [1.82, 2.24) is 20.6 Å². The summed E-state index contributed by atoms with van der Waals surface area (Å²) in [5.74, 6) is 1.10. The molecule has 2 heterocycles. The Morgan fingerprint density at radius 1 is 1.21 bits per heavy atom. The summed E-state index contributed by atoms with van der Waals surface area (Å²) in [7, 11) is 1.59. The van der Waals surface area contributed by atoms with Gasteiger partial charge in [-0.25, -0.2) is 9.97 Å². The van der Waals surface area contributed by atoms with E-state index in [1.165, 1.54) is 19.3 Å². The lowest BCUT2D eigenvalue weighted by molar-refractivity contribution is -0.140. The minimum absolute atomic E-state index is 0.160. The molecule has 0 saturated heterocycles. The molecule has 0 atom stereocenters. The monoisotopic (exact) mass is 427 g/mol. The van der Waals surface area contributed by atoms with Gasteiger partial charge in [-0.15, -0.1) is 11.3 Å². The molecule has 2 N–H and O–H groups in total. The van der Waals surface area contributed by atoms with Crippen LogP contribution in [0.2, 0.25) is 0 Å². The van der Waals surface area contributed by atoms with Gasteiger partial charge in [0, 0.05) is 31.2 Å². The standard InChI is InChI=1S/C19H24F3N5OS/c1-23-18(26-11-17-27-15(12-29-17)19(20,21)22)25-10-13-7-8-16(24-9-13)28-14-5-3-2-4-6-14/h7-9,12,14H,2-6,10-11H2,1H3,(H2,23,25,26). The third-order valence-electron chi connectivity index (χ3n) is 4.57. The van der Waals surface area contributed by atoms with Crippen LogP contribution in [-0.4, -0.2) is 29.1 Å². The first kappa shape index (κ1) is 21.4. The predicted molar refractivity (Wildman–Crippen MR) is 106 cm³/mol. The van der Waals surface area contributed by atoms with Crippen LogP contribution in [0.5, 0.6) is 5.88 Å². The molecule has 158 valence electrons. The van der Waals surface area contributed by atoms with E-state index >= 15 is 0 Å². The molecular formula is C19H24F3N5OS. The molecule has 0 aliphatic heterocycles. The maximum absolute atomic E-state index is 12.6. The molecule has 1 fully saturated rings. The zero-order chi connectivity index (χ0) is 20.7. The quantitative estimate of drug-likeness (QED) is 0.536. The first-order chi connectivity index (χ1) is 13.9. The van der Waals surface area contributed by atoms with Crippen LogP contribution in [0, 0.1) is 0 Å². The highest BCUT2D eigenvalue weighted by Gasteiger charge is 2.33. The number of alkyl halides is 3. The summed E-state index contributed by atoms with van der Waals surface area (Å²) >= 11 is 0.959. The molecule has 10 heteroatoms. The topological polar surface area (TPSA) is 71.4 Å². The van der Waals surface area contributed by atoms with Crippen molar-refractivity contribution < 1.29 is 17.9 Å². The fourth-order valence-electron chi connectivity index (χ4n) is 3.03. The number of nitrogens with one attached hydrogen (secondary N) is 2. The summed E-state index contributed by atoms with van der Waals surface area (Å²) < 4.78 is 43.7. The van der Waals surface area contributed by atoms with Gasteiger partial charge < -0.3 is 15.4 Å². The van der Waals surface area contributed by atoms with Crippen molar-refractivity contribution >= 4 is 17.3 Å². The zero-order valence-electron chi connectivity index (χ0n) is 16.1. The molecule has 0 radical (unpaired) electrons. The van der Waals surface area contributed by atoms with Crippen LogP contribution >= 0.6 is 11.3 Å². The average Bonchev–Trinajstić information content (AvgIpc) is 3.20. The number of aromatic nitrogens is 2. The van der Waals surface area contributed by atoms with Crippen LogP contribution in [0.3, 0.4) is 0 Å². The van der Waals surface area contributed by atoms with Crippen molar-refractivity contribution in [2.75, 3.05) is 7.05 Å². The number of hydrogen-bond donors (Lipinski definition) is 2. The largest absolute Gasteiger partial charge is 0.474 e. The van der Waals surface area contributed by atoms with Gasteiger partial charge in [0.2, 0.25) is 5.88 Å². The van der Waals surface area contributed by atoms with Crippen LogP contribution in [0.4, 0.5) is 13.2 Å². The second-order valence-corrected chi connectivity index (χ2v) is 7.73. The Labute approximate surface area is 171 Å². The van der Waals surface area contributed by atoms with Gasteiger partial charge >= 0.3 is 6.18 Å². The van der Waals surface area contributed by atoms with Gasteiger partial charge in [0.1, 0.15) is 11.1 Å². The van der Waals surface area contributed by atoms with E-state index in [2.05, 4.69) is 25.6 Å². The SMILES string of the molecule is CN=C(NCc1ccc(OC2CCCCC2)nc1)NCc1nc(C(F)(F)F)cs1. The summed E-state index contributed by atoms with van der Waals surface area (Å²) in [5.41, 5.74) is 0.0707. The maximum Gasteiger partial charge on any atom is 0.434 e. The number of ether oxygens (including phenoxy) is 1. The number of pyridine rings is 1. The molecule has 0 spiro atoms. The Bertz CT molecular complexity index is 801. The zero-order valence-corrected chi connectivity index (χ0v) is 16.9. The Kier molecular flexibility index (Phi) is 7.29. The van der Waals surface area contributed by atoms with E-state index < -0.39 is 11.9 Å². The van der Waals surface area contributed by atoms with Crippen LogP contribution in [0.15, 0.2) is 28.7 Å². The fourth-order valence-corrected chi connectivity index (χ4v) is 3.77. The van der Waals surface area contributed by atoms with E-state index in [0.717, 1.165) is 35.1 Å². The van der Waals surface area contributed by atoms with E-state index in [0.29, 0.717) is 23.4 Å². The summed E-state index contributed by atoms with van der Waals surface area (Å²) in [6.45, 7) is 0.634. The fraction of sp³-hybridized carbons (Fsp3) is 0.526. The highest BCUT2D eigenvalue weighted by molar-refractivity contribution is 7.09. The third kappa shape index (κ3) is 6.59. The highest BCUT2D eigenvalue weighted by Crippen LogP contribution is 2.29. The van der Waals surface area contributed by atoms with E-state index in [9.17, 15) is 13.2 Å². The summed E-state index contributed by atoms with van der Waals surface area (Å²) in [4.78, 5) is 12.0. The van der Waals surface area contributed by atoms with Gasteiger partial charge in [-0.1, -0.05) is 12.5 Å². The first-order valence-electron chi connectivity index (χ1n) is 9.52. The van der Waals surface area contributed by atoms with Crippen molar-refractivity contribution in [3.63, 3.8) is 0 Å². The molecule has 1 saturated carbocycles.